The molecule has 0 aliphatic carbocycles. The molecule has 0 saturated heterocycles. The van der Waals surface area contributed by atoms with E-state index in [-0.39, 0.29) is 23.6 Å². The van der Waals surface area contributed by atoms with Gasteiger partial charge in [-0.05, 0) is 36.5 Å². The number of nitrogens with one attached hydrogen (secondary N) is 2. The predicted octanol–water partition coefficient (Wildman–Crippen LogP) is 3.69. The Kier molecular flexibility index (Phi) is 7.26. The Balaban J connectivity index is 1.76. The zero-order chi connectivity index (χ0) is 18.1. The first kappa shape index (κ1) is 18.8. The van der Waals surface area contributed by atoms with Crippen LogP contribution in [0, 0.1) is 5.92 Å². The molecule has 1 unspecified atom stereocenters. The number of benzene rings is 1. The molecule has 2 aromatic rings. The normalized spacial score (nSPS) is 12.0. The zero-order valence-corrected chi connectivity index (χ0v) is 14.8. The van der Waals surface area contributed by atoms with Crippen LogP contribution in [-0.4, -0.2) is 18.4 Å². The summed E-state index contributed by atoms with van der Waals surface area (Å²) in [6.45, 7) is 4.73. The average Bonchev–Trinajstić information content (AvgIpc) is 3.13. The summed E-state index contributed by atoms with van der Waals surface area (Å²) in [5.74, 6) is 0.512. The van der Waals surface area contributed by atoms with Crippen LogP contribution in [0.1, 0.15) is 55.3 Å². The topological polar surface area (TPSA) is 71.3 Å². The molecule has 0 fully saturated rings. The summed E-state index contributed by atoms with van der Waals surface area (Å²) in [6.07, 6.45) is 3.31. The van der Waals surface area contributed by atoms with E-state index in [1.54, 1.807) is 12.1 Å². The standard InChI is InChI=1S/C20H26N2O3/c1-15(2)14-17(16-8-4-3-5-9-16)22-19(23)11-6-12-21-20(24)18-10-7-13-25-18/h3-5,7-10,13,15,17H,6,11-12,14H2,1-2H3,(H,21,24)(H,22,23). The number of rotatable bonds is 9. The fourth-order valence-corrected chi connectivity index (χ4v) is 2.65. The maximum Gasteiger partial charge on any atom is 0.286 e. The van der Waals surface area contributed by atoms with Gasteiger partial charge in [-0.25, -0.2) is 0 Å². The number of carbonyl (C=O) groups excluding carboxylic acids is 2. The summed E-state index contributed by atoms with van der Waals surface area (Å²) in [4.78, 5) is 24.0. The van der Waals surface area contributed by atoms with Crippen molar-refractivity contribution >= 4 is 11.8 Å². The number of carbonyl (C=O) groups is 2. The fraction of sp³-hybridized carbons (Fsp3) is 0.400. The zero-order valence-electron chi connectivity index (χ0n) is 14.8. The summed E-state index contributed by atoms with van der Waals surface area (Å²) in [5, 5.41) is 5.86. The Morgan fingerprint density at radius 1 is 1.08 bits per heavy atom. The molecule has 134 valence electrons. The lowest BCUT2D eigenvalue weighted by atomic mass is 9.97. The van der Waals surface area contributed by atoms with Crippen molar-refractivity contribution in [2.24, 2.45) is 5.92 Å². The van der Waals surface area contributed by atoms with Crippen molar-refractivity contribution in [1.29, 1.82) is 0 Å². The molecule has 0 bridgehead atoms. The van der Waals surface area contributed by atoms with E-state index < -0.39 is 0 Å². The minimum absolute atomic E-state index is 0.00162. The number of hydrogen-bond donors (Lipinski definition) is 2. The van der Waals surface area contributed by atoms with Crippen molar-refractivity contribution in [2.45, 2.75) is 39.2 Å². The second-order valence-electron chi connectivity index (χ2n) is 6.50. The molecule has 5 heteroatoms. The van der Waals surface area contributed by atoms with Gasteiger partial charge in [0.25, 0.3) is 5.91 Å². The van der Waals surface area contributed by atoms with Gasteiger partial charge in [0.1, 0.15) is 0 Å². The van der Waals surface area contributed by atoms with Gasteiger partial charge in [-0.2, -0.15) is 0 Å². The molecule has 0 saturated carbocycles. The monoisotopic (exact) mass is 342 g/mol. The van der Waals surface area contributed by atoms with E-state index in [4.69, 9.17) is 4.42 Å². The number of amides is 2. The van der Waals surface area contributed by atoms with Gasteiger partial charge in [-0.1, -0.05) is 44.2 Å². The molecule has 1 heterocycles. The maximum absolute atomic E-state index is 12.2. The van der Waals surface area contributed by atoms with Gasteiger partial charge in [-0.3, -0.25) is 9.59 Å². The Morgan fingerprint density at radius 3 is 2.48 bits per heavy atom. The van der Waals surface area contributed by atoms with Gasteiger partial charge in [0, 0.05) is 13.0 Å². The molecular weight excluding hydrogens is 316 g/mol. The van der Waals surface area contributed by atoms with E-state index in [0.717, 1.165) is 12.0 Å². The van der Waals surface area contributed by atoms with Gasteiger partial charge in [0.05, 0.1) is 12.3 Å². The largest absolute Gasteiger partial charge is 0.459 e. The van der Waals surface area contributed by atoms with E-state index in [0.29, 0.717) is 25.3 Å². The SMILES string of the molecule is CC(C)CC(NC(=O)CCCNC(=O)c1ccco1)c1ccccc1. The third-order valence-corrected chi connectivity index (χ3v) is 3.86. The lowest BCUT2D eigenvalue weighted by Crippen LogP contribution is -2.30. The molecule has 0 aliphatic heterocycles. The van der Waals surface area contributed by atoms with Crippen molar-refractivity contribution in [1.82, 2.24) is 10.6 Å². The highest BCUT2D eigenvalue weighted by Gasteiger charge is 2.16. The molecule has 1 aromatic heterocycles. The van der Waals surface area contributed by atoms with E-state index in [1.165, 1.54) is 6.26 Å². The van der Waals surface area contributed by atoms with Crippen molar-refractivity contribution in [3.63, 3.8) is 0 Å². The third-order valence-electron chi connectivity index (χ3n) is 3.86. The van der Waals surface area contributed by atoms with Crippen LogP contribution in [-0.2, 0) is 4.79 Å². The van der Waals surface area contributed by atoms with E-state index in [9.17, 15) is 9.59 Å². The lowest BCUT2D eigenvalue weighted by molar-refractivity contribution is -0.122. The van der Waals surface area contributed by atoms with Gasteiger partial charge in [0.15, 0.2) is 5.76 Å². The third kappa shape index (κ3) is 6.45. The van der Waals surface area contributed by atoms with Crippen molar-refractivity contribution in [2.75, 3.05) is 6.54 Å². The summed E-state index contributed by atoms with van der Waals surface area (Å²) in [5.41, 5.74) is 1.12. The minimum Gasteiger partial charge on any atom is -0.459 e. The molecule has 0 spiro atoms. The molecular formula is C20H26N2O3. The van der Waals surface area contributed by atoms with Gasteiger partial charge < -0.3 is 15.1 Å². The van der Waals surface area contributed by atoms with Crippen molar-refractivity contribution < 1.29 is 14.0 Å². The molecule has 25 heavy (non-hydrogen) atoms. The van der Waals surface area contributed by atoms with Crippen LogP contribution in [0.2, 0.25) is 0 Å². The Morgan fingerprint density at radius 2 is 1.84 bits per heavy atom. The van der Waals surface area contributed by atoms with Crippen molar-refractivity contribution in [3.05, 3.63) is 60.1 Å². The molecule has 1 aromatic carbocycles. The Hall–Kier alpha value is -2.56. The first-order valence-electron chi connectivity index (χ1n) is 8.72. The average molecular weight is 342 g/mol. The summed E-state index contributed by atoms with van der Waals surface area (Å²) < 4.78 is 5.02. The van der Waals surface area contributed by atoms with Gasteiger partial charge in [-0.15, -0.1) is 0 Å². The van der Waals surface area contributed by atoms with Crippen LogP contribution in [0.4, 0.5) is 0 Å². The molecule has 2 rings (SSSR count). The Bertz CT molecular complexity index is 651. The van der Waals surface area contributed by atoms with E-state index in [1.807, 2.05) is 30.3 Å². The van der Waals surface area contributed by atoms with Crippen LogP contribution >= 0.6 is 0 Å². The van der Waals surface area contributed by atoms with Gasteiger partial charge in [0.2, 0.25) is 5.91 Å². The van der Waals surface area contributed by atoms with Crippen molar-refractivity contribution in [3.8, 4) is 0 Å². The van der Waals surface area contributed by atoms with E-state index >= 15 is 0 Å². The summed E-state index contributed by atoms with van der Waals surface area (Å²) in [6, 6.07) is 13.3. The van der Waals surface area contributed by atoms with Crippen LogP contribution in [0.5, 0.6) is 0 Å². The molecule has 2 N–H and O–H groups in total. The van der Waals surface area contributed by atoms with Crippen LogP contribution in [0.25, 0.3) is 0 Å². The fourth-order valence-electron chi connectivity index (χ4n) is 2.65. The lowest BCUT2D eigenvalue weighted by Gasteiger charge is -2.21. The van der Waals surface area contributed by atoms with E-state index in [2.05, 4.69) is 24.5 Å². The number of hydrogen-bond acceptors (Lipinski definition) is 3. The Labute approximate surface area is 148 Å². The smallest absolute Gasteiger partial charge is 0.286 e. The molecule has 2 amide bonds. The predicted molar refractivity (Wildman–Crippen MR) is 97.1 cm³/mol. The molecule has 5 nitrogen and oxygen atoms in total. The minimum atomic E-state index is -0.257. The first-order valence-corrected chi connectivity index (χ1v) is 8.72. The highest BCUT2D eigenvalue weighted by Crippen LogP contribution is 2.21. The second-order valence-corrected chi connectivity index (χ2v) is 6.50. The van der Waals surface area contributed by atoms with Crippen LogP contribution in [0.15, 0.2) is 53.1 Å². The molecule has 0 radical (unpaired) electrons. The number of furan rings is 1. The quantitative estimate of drug-likeness (QED) is 0.683. The van der Waals surface area contributed by atoms with Gasteiger partial charge >= 0.3 is 0 Å². The highest BCUT2D eigenvalue weighted by molar-refractivity contribution is 5.91. The molecule has 1 atom stereocenters. The highest BCUT2D eigenvalue weighted by atomic mass is 16.3. The second kappa shape index (κ2) is 9.67. The summed E-state index contributed by atoms with van der Waals surface area (Å²) >= 11 is 0. The van der Waals surface area contributed by atoms with Crippen LogP contribution < -0.4 is 10.6 Å². The first-order chi connectivity index (χ1) is 12.1. The van der Waals surface area contributed by atoms with Crippen LogP contribution in [0.3, 0.4) is 0 Å². The maximum atomic E-state index is 12.2. The summed E-state index contributed by atoms with van der Waals surface area (Å²) in [7, 11) is 0. The molecule has 0 aliphatic rings.